The van der Waals surface area contributed by atoms with Gasteiger partial charge in [0.15, 0.2) is 0 Å². The van der Waals surface area contributed by atoms with Gasteiger partial charge in [-0.05, 0) is 69.6 Å². The van der Waals surface area contributed by atoms with E-state index in [1.807, 2.05) is 19.0 Å². The van der Waals surface area contributed by atoms with Gasteiger partial charge in [-0.2, -0.15) is 18.2 Å². The van der Waals surface area contributed by atoms with Crippen molar-refractivity contribution in [2.75, 3.05) is 29.6 Å². The van der Waals surface area contributed by atoms with Crippen LogP contribution in [0.1, 0.15) is 55.3 Å². The number of anilines is 3. The van der Waals surface area contributed by atoms with E-state index in [1.165, 1.54) is 5.56 Å². The van der Waals surface area contributed by atoms with E-state index >= 15 is 0 Å². The van der Waals surface area contributed by atoms with Gasteiger partial charge < -0.3 is 20.9 Å². The van der Waals surface area contributed by atoms with Crippen molar-refractivity contribution in [2.24, 2.45) is 0 Å². The highest BCUT2D eigenvalue weighted by atomic mass is 19.4. The maximum Gasteiger partial charge on any atom is 0.416 e. The molecule has 2 aromatic rings. The molecule has 0 spiro atoms. The van der Waals surface area contributed by atoms with Gasteiger partial charge in [-0.1, -0.05) is 0 Å². The van der Waals surface area contributed by atoms with E-state index in [1.54, 1.807) is 0 Å². The van der Waals surface area contributed by atoms with Crippen molar-refractivity contribution >= 4 is 23.5 Å². The molecule has 3 N–H and O–H groups in total. The van der Waals surface area contributed by atoms with Crippen LogP contribution in [0, 0.1) is 5.82 Å². The number of aryl methyl sites for hydroxylation is 1. The maximum absolute atomic E-state index is 13.9. The molecule has 4 rings (SSSR count). The molecule has 2 aliphatic carbocycles. The van der Waals surface area contributed by atoms with Crippen LogP contribution in [0.25, 0.3) is 0 Å². The number of benzene rings is 1. The highest BCUT2D eigenvalue weighted by Gasteiger charge is 2.31. The number of alkyl halides is 3. The number of urea groups is 1. The average Bonchev–Trinajstić information content (AvgIpc) is 2.80. The molecule has 0 bridgehead atoms. The number of rotatable bonds is 5. The number of carbonyl (C=O) groups is 1. The maximum atomic E-state index is 13.9. The summed E-state index contributed by atoms with van der Waals surface area (Å²) >= 11 is 0. The van der Waals surface area contributed by atoms with E-state index in [9.17, 15) is 22.4 Å². The lowest BCUT2D eigenvalue weighted by molar-refractivity contribution is -0.137. The van der Waals surface area contributed by atoms with Crippen molar-refractivity contribution in [1.29, 1.82) is 0 Å². The van der Waals surface area contributed by atoms with Gasteiger partial charge in [0, 0.05) is 31.7 Å². The second kappa shape index (κ2) is 10.2. The highest BCUT2D eigenvalue weighted by Crippen LogP contribution is 2.32. The summed E-state index contributed by atoms with van der Waals surface area (Å²) in [5.41, 5.74) is 0.797. The van der Waals surface area contributed by atoms with E-state index in [-0.39, 0.29) is 12.1 Å². The van der Waals surface area contributed by atoms with E-state index in [4.69, 9.17) is 9.97 Å². The molecule has 1 saturated carbocycles. The van der Waals surface area contributed by atoms with E-state index in [0.29, 0.717) is 37.0 Å². The van der Waals surface area contributed by atoms with Gasteiger partial charge in [-0.15, -0.1) is 0 Å². The summed E-state index contributed by atoms with van der Waals surface area (Å²) in [4.78, 5) is 23.8. The molecular formula is C24H30F4N6O. The number of carbonyl (C=O) groups excluding carboxylic acids is 1. The van der Waals surface area contributed by atoms with Crippen molar-refractivity contribution in [3.8, 4) is 0 Å². The molecule has 1 aromatic carbocycles. The largest absolute Gasteiger partial charge is 0.416 e. The van der Waals surface area contributed by atoms with Gasteiger partial charge in [-0.3, -0.25) is 0 Å². The Bertz CT molecular complexity index is 1070. The van der Waals surface area contributed by atoms with Gasteiger partial charge in [0.2, 0.25) is 5.95 Å². The molecule has 11 heteroatoms. The number of hydrogen-bond acceptors (Lipinski definition) is 5. The lowest BCUT2D eigenvalue weighted by atomic mass is 9.91. The first-order valence-corrected chi connectivity index (χ1v) is 11.9. The van der Waals surface area contributed by atoms with Crippen molar-refractivity contribution in [3.05, 3.63) is 40.8 Å². The first kappa shape index (κ1) is 25.0. The predicted molar refractivity (Wildman–Crippen MR) is 126 cm³/mol. The van der Waals surface area contributed by atoms with Crippen molar-refractivity contribution in [1.82, 2.24) is 15.3 Å². The SMILES string of the molecule is CN(C)c1nc(N[C@H]2CC[C@@H](NC(=O)Nc3cc(C(F)(F)F)ccc3F)CC2)nc2c1CCCC2. The Kier molecular flexibility index (Phi) is 7.32. The van der Waals surface area contributed by atoms with Crippen LogP contribution in [0.5, 0.6) is 0 Å². The first-order chi connectivity index (χ1) is 16.6. The van der Waals surface area contributed by atoms with Crippen LogP contribution in [0.15, 0.2) is 18.2 Å². The second-order valence-electron chi connectivity index (χ2n) is 9.38. The number of halogens is 4. The third kappa shape index (κ3) is 6.12. The molecular weight excluding hydrogens is 464 g/mol. The fourth-order valence-corrected chi connectivity index (χ4v) is 4.71. The lowest BCUT2D eigenvalue weighted by Gasteiger charge is -2.30. The molecule has 2 aliphatic rings. The number of fused-ring (bicyclic) bond motifs is 1. The van der Waals surface area contributed by atoms with E-state index in [2.05, 4.69) is 16.0 Å². The molecule has 1 aromatic heterocycles. The summed E-state index contributed by atoms with van der Waals surface area (Å²) in [6, 6.07) is 1.18. The van der Waals surface area contributed by atoms with Gasteiger partial charge in [0.1, 0.15) is 11.6 Å². The molecule has 0 atom stereocenters. The lowest BCUT2D eigenvalue weighted by Crippen LogP contribution is -2.42. The zero-order valence-corrected chi connectivity index (χ0v) is 19.8. The van der Waals surface area contributed by atoms with Crippen LogP contribution in [-0.4, -0.2) is 42.2 Å². The summed E-state index contributed by atoms with van der Waals surface area (Å²) in [6.45, 7) is 0. The van der Waals surface area contributed by atoms with Crippen molar-refractivity contribution < 1.29 is 22.4 Å². The monoisotopic (exact) mass is 494 g/mol. The Morgan fingerprint density at radius 1 is 1.03 bits per heavy atom. The number of hydrogen-bond donors (Lipinski definition) is 3. The molecule has 1 heterocycles. The Morgan fingerprint density at radius 2 is 1.71 bits per heavy atom. The molecule has 7 nitrogen and oxygen atoms in total. The molecule has 0 unspecified atom stereocenters. The smallest absolute Gasteiger partial charge is 0.362 e. The van der Waals surface area contributed by atoms with Crippen molar-refractivity contribution in [2.45, 2.75) is 69.6 Å². The van der Waals surface area contributed by atoms with Crippen LogP contribution >= 0.6 is 0 Å². The molecule has 0 aliphatic heterocycles. The van der Waals surface area contributed by atoms with Crippen LogP contribution < -0.4 is 20.9 Å². The van der Waals surface area contributed by atoms with Gasteiger partial charge in [-0.25, -0.2) is 14.2 Å². The van der Waals surface area contributed by atoms with Crippen LogP contribution in [-0.2, 0) is 19.0 Å². The van der Waals surface area contributed by atoms with Gasteiger partial charge >= 0.3 is 12.2 Å². The van der Waals surface area contributed by atoms with Crippen molar-refractivity contribution in [3.63, 3.8) is 0 Å². The Balaban J connectivity index is 1.31. The van der Waals surface area contributed by atoms with Crippen LogP contribution in [0.4, 0.5) is 39.8 Å². The molecule has 190 valence electrons. The van der Waals surface area contributed by atoms with Gasteiger partial charge in [0.05, 0.1) is 16.9 Å². The molecule has 2 amide bonds. The molecule has 0 saturated heterocycles. The zero-order valence-electron chi connectivity index (χ0n) is 19.8. The molecule has 1 fully saturated rings. The topological polar surface area (TPSA) is 82.2 Å². The minimum Gasteiger partial charge on any atom is -0.362 e. The fraction of sp³-hybridized carbons (Fsp3) is 0.542. The molecule has 35 heavy (non-hydrogen) atoms. The third-order valence-electron chi connectivity index (χ3n) is 6.52. The summed E-state index contributed by atoms with van der Waals surface area (Å²) in [6.07, 6.45) is 2.46. The predicted octanol–water partition coefficient (Wildman–Crippen LogP) is 5.12. The van der Waals surface area contributed by atoms with Crippen LogP contribution in [0.2, 0.25) is 0 Å². The number of nitrogens with one attached hydrogen (secondary N) is 3. The number of nitrogens with zero attached hydrogens (tertiary/aromatic N) is 3. The summed E-state index contributed by atoms with van der Waals surface area (Å²) < 4.78 is 52.5. The zero-order chi connectivity index (χ0) is 25.2. The summed E-state index contributed by atoms with van der Waals surface area (Å²) in [7, 11) is 3.96. The normalized spacial score (nSPS) is 20.1. The highest BCUT2D eigenvalue weighted by molar-refractivity contribution is 5.89. The number of aromatic nitrogens is 2. The quantitative estimate of drug-likeness (QED) is 0.503. The second-order valence-corrected chi connectivity index (χ2v) is 9.38. The molecule has 0 radical (unpaired) electrons. The Hall–Kier alpha value is -3.11. The first-order valence-electron chi connectivity index (χ1n) is 11.9. The van der Waals surface area contributed by atoms with E-state index in [0.717, 1.165) is 50.0 Å². The van der Waals surface area contributed by atoms with Gasteiger partial charge in [0.25, 0.3) is 0 Å². The minimum atomic E-state index is -4.62. The minimum absolute atomic E-state index is 0.147. The summed E-state index contributed by atoms with van der Waals surface area (Å²) in [5, 5.41) is 8.37. The third-order valence-corrected chi connectivity index (χ3v) is 6.52. The fourth-order valence-electron chi connectivity index (χ4n) is 4.71. The van der Waals surface area contributed by atoms with E-state index < -0.39 is 29.3 Å². The Labute approximate surface area is 201 Å². The Morgan fingerprint density at radius 3 is 2.40 bits per heavy atom. The standard InChI is InChI=1S/C24H30F4N6O/c1-34(2)21-17-5-3-4-6-19(17)31-22(33-21)29-15-8-10-16(11-9-15)30-23(35)32-20-13-14(24(26,27)28)7-12-18(20)25/h7,12-13,15-16H,3-6,8-11H2,1-2H3,(H,29,31,33)(H2,30,32,35)/t15-,16+. The summed E-state index contributed by atoms with van der Waals surface area (Å²) in [5.74, 6) is 0.637. The van der Waals surface area contributed by atoms with Crippen LogP contribution in [0.3, 0.4) is 0 Å². The number of amides is 2. The average molecular weight is 495 g/mol.